The lowest BCUT2D eigenvalue weighted by atomic mass is 10.1. The first-order valence-electron chi connectivity index (χ1n) is 6.99. The van der Waals surface area contributed by atoms with Crippen molar-refractivity contribution in [2.45, 2.75) is 9.79 Å². The van der Waals surface area contributed by atoms with Gasteiger partial charge in [0.2, 0.25) is 0 Å². The number of hydrogen-bond acceptors (Lipinski definition) is 5. The zero-order chi connectivity index (χ0) is 18.2. The van der Waals surface area contributed by atoms with Crippen LogP contribution < -0.4 is 4.72 Å². The lowest BCUT2D eigenvalue weighted by Gasteiger charge is -2.12. The fourth-order valence-corrected chi connectivity index (χ4v) is 4.26. The maximum atomic E-state index is 12.7. The molecule has 0 saturated heterocycles. The molecule has 3 aromatic rings. The predicted molar refractivity (Wildman–Crippen MR) is 92.7 cm³/mol. The number of nitrogens with one attached hydrogen (secondary N) is 1. The largest absolute Gasteiger partial charge is 0.506 e. The summed E-state index contributed by atoms with van der Waals surface area (Å²) in [6.45, 7) is 0. The second-order valence-corrected chi connectivity index (χ2v) is 8.28. The lowest BCUT2D eigenvalue weighted by Crippen LogP contribution is -2.13. The van der Waals surface area contributed by atoms with Gasteiger partial charge in [-0.15, -0.1) is 0 Å². The Morgan fingerprint density at radius 2 is 1.44 bits per heavy atom. The zero-order valence-electron chi connectivity index (χ0n) is 12.6. The van der Waals surface area contributed by atoms with Gasteiger partial charge in [-0.05, 0) is 35.7 Å². The number of sulfonamides is 1. The minimum Gasteiger partial charge on any atom is -0.506 e. The van der Waals surface area contributed by atoms with Crippen molar-refractivity contribution in [1.82, 2.24) is 0 Å². The molecular formula is C16H13NO6S2. The molecule has 3 aromatic carbocycles. The summed E-state index contributed by atoms with van der Waals surface area (Å²) in [5.74, 6) is -0.402. The lowest BCUT2D eigenvalue weighted by molar-refractivity contribution is 0.461. The number of benzene rings is 3. The topological polar surface area (TPSA) is 121 Å². The molecule has 130 valence electrons. The highest BCUT2D eigenvalue weighted by Gasteiger charge is 2.22. The minimum absolute atomic E-state index is 0.0831. The van der Waals surface area contributed by atoms with Gasteiger partial charge in [-0.1, -0.05) is 30.3 Å². The number of fused-ring (bicyclic) bond motifs is 1. The van der Waals surface area contributed by atoms with Gasteiger partial charge in [-0.2, -0.15) is 8.42 Å². The monoisotopic (exact) mass is 379 g/mol. The molecule has 25 heavy (non-hydrogen) atoms. The molecule has 0 radical (unpaired) electrons. The first-order valence-corrected chi connectivity index (χ1v) is 9.92. The Balaban J connectivity index is 2.05. The van der Waals surface area contributed by atoms with Crippen molar-refractivity contribution in [3.05, 3.63) is 60.7 Å². The van der Waals surface area contributed by atoms with Gasteiger partial charge in [0.25, 0.3) is 20.1 Å². The van der Waals surface area contributed by atoms with Crippen molar-refractivity contribution in [3.63, 3.8) is 0 Å². The maximum Gasteiger partial charge on any atom is 0.294 e. The van der Waals surface area contributed by atoms with Crippen molar-refractivity contribution >= 4 is 36.6 Å². The van der Waals surface area contributed by atoms with Gasteiger partial charge in [0.1, 0.15) is 10.6 Å². The van der Waals surface area contributed by atoms with Crippen LogP contribution in [0.25, 0.3) is 10.8 Å². The molecule has 0 aliphatic rings. The normalized spacial score (nSPS) is 12.2. The molecule has 3 rings (SSSR count). The molecule has 0 unspecified atom stereocenters. The van der Waals surface area contributed by atoms with Crippen LogP contribution in [-0.2, 0) is 20.1 Å². The second kappa shape index (κ2) is 6.03. The van der Waals surface area contributed by atoms with Crippen molar-refractivity contribution in [2.24, 2.45) is 0 Å². The van der Waals surface area contributed by atoms with Crippen LogP contribution in [0, 0.1) is 0 Å². The fourth-order valence-electron chi connectivity index (χ4n) is 2.42. The molecule has 0 fully saturated rings. The van der Waals surface area contributed by atoms with Gasteiger partial charge in [-0.3, -0.25) is 9.27 Å². The van der Waals surface area contributed by atoms with Crippen LogP contribution in [0.2, 0.25) is 0 Å². The van der Waals surface area contributed by atoms with Crippen LogP contribution in [0.3, 0.4) is 0 Å². The summed E-state index contributed by atoms with van der Waals surface area (Å²) in [5.41, 5.74) is 0.0831. The zero-order valence-corrected chi connectivity index (χ0v) is 14.3. The van der Waals surface area contributed by atoms with E-state index in [1.54, 1.807) is 30.3 Å². The van der Waals surface area contributed by atoms with E-state index in [0.717, 1.165) is 12.1 Å². The molecular weight excluding hydrogens is 366 g/mol. The summed E-state index contributed by atoms with van der Waals surface area (Å²) in [6, 6.07) is 14.1. The van der Waals surface area contributed by atoms with Gasteiger partial charge in [0, 0.05) is 11.1 Å². The third-order valence-electron chi connectivity index (χ3n) is 3.53. The first-order chi connectivity index (χ1) is 11.7. The summed E-state index contributed by atoms with van der Waals surface area (Å²) < 4.78 is 58.6. The van der Waals surface area contributed by atoms with E-state index in [-0.39, 0.29) is 15.5 Å². The first kappa shape index (κ1) is 17.2. The molecule has 0 saturated carbocycles. The Morgan fingerprint density at radius 1 is 0.800 bits per heavy atom. The fraction of sp³-hybridized carbons (Fsp3) is 0. The number of anilines is 1. The van der Waals surface area contributed by atoms with E-state index in [2.05, 4.69) is 4.72 Å². The van der Waals surface area contributed by atoms with E-state index in [9.17, 15) is 21.9 Å². The molecule has 3 N–H and O–H groups in total. The standard InChI is InChI=1S/C16H13NO6S2/c18-15-10-5-11-3-1-2-4-14(11)16(15)24(19,20)17-12-6-8-13(9-7-12)25(21,22)23/h1-10,17-18H,(H,21,22,23). The van der Waals surface area contributed by atoms with E-state index in [1.807, 2.05) is 0 Å². The molecule has 0 aliphatic carbocycles. The summed E-state index contributed by atoms with van der Waals surface area (Å²) in [7, 11) is -8.50. The molecule has 0 spiro atoms. The molecule has 0 bridgehead atoms. The third kappa shape index (κ3) is 3.43. The van der Waals surface area contributed by atoms with Crippen LogP contribution in [0.5, 0.6) is 5.75 Å². The van der Waals surface area contributed by atoms with Gasteiger partial charge >= 0.3 is 0 Å². The van der Waals surface area contributed by atoms with E-state index in [4.69, 9.17) is 4.55 Å². The number of hydrogen-bond donors (Lipinski definition) is 3. The van der Waals surface area contributed by atoms with E-state index in [0.29, 0.717) is 10.8 Å². The Morgan fingerprint density at radius 3 is 2.08 bits per heavy atom. The highest BCUT2D eigenvalue weighted by atomic mass is 32.2. The van der Waals surface area contributed by atoms with Crippen molar-refractivity contribution in [1.29, 1.82) is 0 Å². The van der Waals surface area contributed by atoms with E-state index >= 15 is 0 Å². The summed E-state index contributed by atoms with van der Waals surface area (Å²) >= 11 is 0. The highest BCUT2D eigenvalue weighted by Crippen LogP contribution is 2.32. The quantitative estimate of drug-likeness (QED) is 0.599. The van der Waals surface area contributed by atoms with Crippen LogP contribution in [0.15, 0.2) is 70.5 Å². The highest BCUT2D eigenvalue weighted by molar-refractivity contribution is 7.93. The molecule has 9 heteroatoms. The second-order valence-electron chi connectivity index (χ2n) is 5.24. The van der Waals surface area contributed by atoms with Crippen LogP contribution in [-0.4, -0.2) is 26.5 Å². The minimum atomic E-state index is -4.37. The number of rotatable bonds is 4. The number of phenols is 1. The Kier molecular flexibility index (Phi) is 4.15. The Bertz CT molecular complexity index is 1150. The van der Waals surface area contributed by atoms with E-state index in [1.165, 1.54) is 18.2 Å². The van der Waals surface area contributed by atoms with Gasteiger partial charge in [0.05, 0.1) is 4.90 Å². The van der Waals surface area contributed by atoms with Crippen molar-refractivity contribution in [2.75, 3.05) is 4.72 Å². The van der Waals surface area contributed by atoms with E-state index < -0.39 is 25.9 Å². The molecule has 0 aromatic heterocycles. The van der Waals surface area contributed by atoms with Gasteiger partial charge in [-0.25, -0.2) is 8.42 Å². The Labute approximate surface area is 144 Å². The molecule has 0 heterocycles. The summed E-state index contributed by atoms with van der Waals surface area (Å²) in [6.07, 6.45) is 0. The average molecular weight is 379 g/mol. The molecule has 7 nitrogen and oxygen atoms in total. The molecule has 0 amide bonds. The summed E-state index contributed by atoms with van der Waals surface area (Å²) in [5, 5.41) is 11.0. The maximum absolute atomic E-state index is 12.7. The van der Waals surface area contributed by atoms with Crippen LogP contribution >= 0.6 is 0 Å². The number of phenolic OH excluding ortho intramolecular Hbond substituents is 1. The van der Waals surface area contributed by atoms with Crippen LogP contribution in [0.4, 0.5) is 5.69 Å². The SMILES string of the molecule is O=S(=O)(O)c1ccc(NS(=O)(=O)c2c(O)ccc3ccccc23)cc1. The molecule has 0 atom stereocenters. The third-order valence-corrected chi connectivity index (χ3v) is 5.87. The molecule has 0 aliphatic heterocycles. The number of aromatic hydroxyl groups is 1. The van der Waals surface area contributed by atoms with Gasteiger partial charge in [0.15, 0.2) is 0 Å². The predicted octanol–water partition coefficient (Wildman–Crippen LogP) is 2.59. The smallest absolute Gasteiger partial charge is 0.294 e. The van der Waals surface area contributed by atoms with Gasteiger partial charge < -0.3 is 5.11 Å². The van der Waals surface area contributed by atoms with Crippen molar-refractivity contribution in [3.8, 4) is 5.75 Å². The summed E-state index contributed by atoms with van der Waals surface area (Å²) in [4.78, 5) is -0.632. The van der Waals surface area contributed by atoms with Crippen molar-refractivity contribution < 1.29 is 26.5 Å². The van der Waals surface area contributed by atoms with Crippen LogP contribution in [0.1, 0.15) is 0 Å². The average Bonchev–Trinajstić information content (AvgIpc) is 2.53. The Hall–Kier alpha value is -2.62.